The van der Waals surface area contributed by atoms with Crippen LogP contribution in [-0.2, 0) is 0 Å². The molecule has 0 bridgehead atoms. The second-order valence-electron chi connectivity index (χ2n) is 6.57. The summed E-state index contributed by atoms with van der Waals surface area (Å²) in [4.78, 5) is 2.12. The van der Waals surface area contributed by atoms with Gasteiger partial charge < -0.3 is 9.64 Å². The largest absolute Gasteiger partial charge is 0.496 e. The summed E-state index contributed by atoms with van der Waals surface area (Å²) in [6, 6.07) is 25.8. The van der Waals surface area contributed by atoms with Gasteiger partial charge in [0, 0.05) is 31.3 Å². The second-order valence-corrected chi connectivity index (χ2v) is 6.57. The Balaban J connectivity index is 2.13. The van der Waals surface area contributed by atoms with Crippen LogP contribution >= 0.6 is 0 Å². The standard InChI is InChI=1S/C23H25NO/c1-17-9-11-18(12-10-17)23(21-7-5-6-8-22(21)25-4)19-13-15-20(16-14-19)24(2)3/h5-16,23H,1-4H3. The smallest absolute Gasteiger partial charge is 0.123 e. The zero-order valence-electron chi connectivity index (χ0n) is 15.4. The maximum absolute atomic E-state index is 5.65. The number of aryl methyl sites for hydroxylation is 1. The molecule has 3 aromatic carbocycles. The van der Waals surface area contributed by atoms with E-state index in [1.165, 1.54) is 27.9 Å². The number of rotatable bonds is 5. The van der Waals surface area contributed by atoms with Crippen molar-refractivity contribution in [2.75, 3.05) is 26.1 Å². The third-order valence-electron chi connectivity index (χ3n) is 4.60. The Kier molecular flexibility index (Phi) is 5.08. The fourth-order valence-electron chi connectivity index (χ4n) is 3.18. The van der Waals surface area contributed by atoms with Crippen molar-refractivity contribution in [2.24, 2.45) is 0 Å². The van der Waals surface area contributed by atoms with E-state index in [0.717, 1.165) is 5.75 Å². The number of anilines is 1. The maximum atomic E-state index is 5.65. The lowest BCUT2D eigenvalue weighted by atomic mass is 9.84. The predicted octanol–water partition coefficient (Wildman–Crippen LogP) is 5.25. The van der Waals surface area contributed by atoms with E-state index in [9.17, 15) is 0 Å². The van der Waals surface area contributed by atoms with Gasteiger partial charge in [-0.25, -0.2) is 0 Å². The minimum Gasteiger partial charge on any atom is -0.496 e. The van der Waals surface area contributed by atoms with Crippen LogP contribution < -0.4 is 9.64 Å². The number of hydrogen-bond donors (Lipinski definition) is 0. The van der Waals surface area contributed by atoms with Crippen molar-refractivity contribution in [3.8, 4) is 5.75 Å². The fourth-order valence-corrected chi connectivity index (χ4v) is 3.18. The van der Waals surface area contributed by atoms with Crippen molar-refractivity contribution >= 4 is 5.69 Å². The first-order valence-corrected chi connectivity index (χ1v) is 8.57. The minimum atomic E-state index is 0.146. The van der Waals surface area contributed by atoms with Crippen LogP contribution in [0.3, 0.4) is 0 Å². The van der Waals surface area contributed by atoms with E-state index >= 15 is 0 Å². The zero-order chi connectivity index (χ0) is 17.8. The maximum Gasteiger partial charge on any atom is 0.123 e. The van der Waals surface area contributed by atoms with Gasteiger partial charge in [0.05, 0.1) is 7.11 Å². The van der Waals surface area contributed by atoms with Crippen molar-refractivity contribution in [3.05, 3.63) is 95.1 Å². The third kappa shape index (κ3) is 3.69. The summed E-state index contributed by atoms with van der Waals surface area (Å²) in [6.07, 6.45) is 0. The predicted molar refractivity (Wildman–Crippen MR) is 106 cm³/mol. The van der Waals surface area contributed by atoms with Crippen LogP contribution in [0.4, 0.5) is 5.69 Å². The molecule has 0 aromatic heterocycles. The number of benzene rings is 3. The molecule has 2 nitrogen and oxygen atoms in total. The Labute approximate surface area is 150 Å². The number of ether oxygens (including phenoxy) is 1. The summed E-state index contributed by atoms with van der Waals surface area (Å²) in [5.74, 6) is 1.07. The van der Waals surface area contributed by atoms with Gasteiger partial charge in [0.2, 0.25) is 0 Å². The minimum absolute atomic E-state index is 0.146. The van der Waals surface area contributed by atoms with E-state index in [1.54, 1.807) is 7.11 Å². The van der Waals surface area contributed by atoms with Gasteiger partial charge in [-0.15, -0.1) is 0 Å². The summed E-state index contributed by atoms with van der Waals surface area (Å²) in [7, 11) is 5.86. The average molecular weight is 331 g/mol. The molecule has 0 fully saturated rings. The van der Waals surface area contributed by atoms with Crippen molar-refractivity contribution in [1.29, 1.82) is 0 Å². The summed E-state index contributed by atoms with van der Waals surface area (Å²) < 4.78 is 5.65. The fraction of sp³-hybridized carbons (Fsp3) is 0.217. The highest BCUT2D eigenvalue weighted by Gasteiger charge is 2.20. The lowest BCUT2D eigenvalue weighted by Crippen LogP contribution is -2.09. The molecule has 2 heteroatoms. The second kappa shape index (κ2) is 7.43. The van der Waals surface area contributed by atoms with Crippen molar-refractivity contribution in [1.82, 2.24) is 0 Å². The molecule has 0 saturated heterocycles. The van der Waals surface area contributed by atoms with Crippen molar-refractivity contribution in [2.45, 2.75) is 12.8 Å². The van der Waals surface area contributed by atoms with Crippen LogP contribution in [0.5, 0.6) is 5.75 Å². The summed E-state index contributed by atoms with van der Waals surface area (Å²) in [6.45, 7) is 2.12. The van der Waals surface area contributed by atoms with Crippen LogP contribution in [0, 0.1) is 6.92 Å². The van der Waals surface area contributed by atoms with E-state index < -0.39 is 0 Å². The first kappa shape index (κ1) is 17.1. The first-order valence-electron chi connectivity index (χ1n) is 8.57. The third-order valence-corrected chi connectivity index (χ3v) is 4.60. The summed E-state index contributed by atoms with van der Waals surface area (Å²) >= 11 is 0. The molecule has 1 unspecified atom stereocenters. The Morgan fingerprint density at radius 1 is 0.760 bits per heavy atom. The lowest BCUT2D eigenvalue weighted by molar-refractivity contribution is 0.409. The number of methoxy groups -OCH3 is 1. The van der Waals surface area contributed by atoms with E-state index in [0.29, 0.717) is 0 Å². The van der Waals surface area contributed by atoms with Crippen molar-refractivity contribution in [3.63, 3.8) is 0 Å². The molecule has 0 amide bonds. The highest BCUT2D eigenvalue weighted by atomic mass is 16.5. The Morgan fingerprint density at radius 2 is 1.32 bits per heavy atom. The van der Waals surface area contributed by atoms with E-state index in [4.69, 9.17) is 4.74 Å². The van der Waals surface area contributed by atoms with Crippen LogP contribution in [0.25, 0.3) is 0 Å². The number of hydrogen-bond acceptors (Lipinski definition) is 2. The molecular formula is C23H25NO. The monoisotopic (exact) mass is 331 g/mol. The molecule has 3 rings (SSSR count). The molecule has 1 atom stereocenters. The van der Waals surface area contributed by atoms with Crippen LogP contribution in [0.2, 0.25) is 0 Å². The van der Waals surface area contributed by atoms with E-state index in [2.05, 4.69) is 86.6 Å². The van der Waals surface area contributed by atoms with Gasteiger partial charge in [-0.05, 0) is 36.2 Å². The Hall–Kier alpha value is -2.74. The van der Waals surface area contributed by atoms with Gasteiger partial charge in [-0.1, -0.05) is 60.2 Å². The van der Waals surface area contributed by atoms with E-state index in [-0.39, 0.29) is 5.92 Å². The quantitative estimate of drug-likeness (QED) is 0.592. The highest BCUT2D eigenvalue weighted by Crippen LogP contribution is 2.37. The summed E-state index contributed by atoms with van der Waals surface area (Å²) in [5, 5.41) is 0. The molecule has 128 valence electrons. The normalized spacial score (nSPS) is 11.8. The molecule has 0 saturated carbocycles. The first-order chi connectivity index (χ1) is 12.1. The molecule has 3 aromatic rings. The molecule has 0 radical (unpaired) electrons. The van der Waals surface area contributed by atoms with Gasteiger partial charge in [0.1, 0.15) is 5.75 Å². The van der Waals surface area contributed by atoms with Gasteiger partial charge in [0.25, 0.3) is 0 Å². The van der Waals surface area contributed by atoms with Gasteiger partial charge in [0.15, 0.2) is 0 Å². The molecular weight excluding hydrogens is 306 g/mol. The lowest BCUT2D eigenvalue weighted by Gasteiger charge is -2.22. The topological polar surface area (TPSA) is 12.5 Å². The molecule has 0 aliphatic carbocycles. The Morgan fingerprint density at radius 3 is 1.88 bits per heavy atom. The van der Waals surface area contributed by atoms with Gasteiger partial charge in [-0.3, -0.25) is 0 Å². The van der Waals surface area contributed by atoms with Crippen LogP contribution in [-0.4, -0.2) is 21.2 Å². The summed E-state index contributed by atoms with van der Waals surface area (Å²) in [5.41, 5.74) is 6.19. The van der Waals surface area contributed by atoms with E-state index in [1.807, 2.05) is 12.1 Å². The number of nitrogens with zero attached hydrogens (tertiary/aromatic N) is 1. The SMILES string of the molecule is COc1ccccc1C(c1ccc(C)cc1)c1ccc(N(C)C)cc1. The molecule has 0 spiro atoms. The zero-order valence-corrected chi connectivity index (χ0v) is 15.4. The average Bonchev–Trinajstić information content (AvgIpc) is 2.64. The van der Waals surface area contributed by atoms with Crippen molar-refractivity contribution < 1.29 is 4.74 Å². The number of para-hydroxylation sites is 1. The molecule has 25 heavy (non-hydrogen) atoms. The van der Waals surface area contributed by atoms with Crippen LogP contribution in [0.15, 0.2) is 72.8 Å². The highest BCUT2D eigenvalue weighted by molar-refractivity contribution is 5.53. The molecule has 0 aliphatic rings. The Bertz CT molecular complexity index is 819. The molecule has 0 aliphatic heterocycles. The van der Waals surface area contributed by atoms with Gasteiger partial charge in [-0.2, -0.15) is 0 Å². The van der Waals surface area contributed by atoms with Gasteiger partial charge >= 0.3 is 0 Å². The molecule has 0 heterocycles. The van der Waals surface area contributed by atoms with Crippen LogP contribution in [0.1, 0.15) is 28.2 Å². The molecule has 0 N–H and O–H groups in total.